The van der Waals surface area contributed by atoms with Crippen molar-refractivity contribution in [1.29, 1.82) is 0 Å². The van der Waals surface area contributed by atoms with Gasteiger partial charge in [-0.05, 0) is 24.5 Å². The van der Waals surface area contributed by atoms with Crippen molar-refractivity contribution in [2.24, 2.45) is 11.7 Å². The first kappa shape index (κ1) is 16.6. The van der Waals surface area contributed by atoms with E-state index in [0.717, 1.165) is 12.8 Å². The molecule has 1 rings (SSSR count). The zero-order valence-corrected chi connectivity index (χ0v) is 13.0. The molecule has 1 amide bonds. The molecule has 1 heterocycles. The molecule has 0 aromatic carbocycles. The van der Waals surface area contributed by atoms with E-state index in [9.17, 15) is 4.79 Å². The largest absolute Gasteiger partial charge is 0.389 e. The Kier molecular flexibility index (Phi) is 7.15. The molecule has 0 spiro atoms. The van der Waals surface area contributed by atoms with E-state index in [4.69, 9.17) is 18.0 Å². The third-order valence-corrected chi connectivity index (χ3v) is 3.61. The molecule has 110 valence electrons. The van der Waals surface area contributed by atoms with Crippen LogP contribution in [0.4, 0.5) is 0 Å². The van der Waals surface area contributed by atoms with E-state index in [0.29, 0.717) is 23.7 Å². The summed E-state index contributed by atoms with van der Waals surface area (Å²) in [6, 6.07) is 3.37. The van der Waals surface area contributed by atoms with Crippen LogP contribution in [0.15, 0.2) is 18.3 Å². The van der Waals surface area contributed by atoms with Crippen LogP contribution in [0.1, 0.15) is 55.6 Å². The molecule has 1 atom stereocenters. The molecule has 1 unspecified atom stereocenters. The first-order valence-electron chi connectivity index (χ1n) is 7.12. The second-order valence-electron chi connectivity index (χ2n) is 4.92. The molecule has 0 radical (unpaired) electrons. The molecule has 3 N–H and O–H groups in total. The number of amides is 1. The van der Waals surface area contributed by atoms with Gasteiger partial charge < -0.3 is 11.1 Å². The van der Waals surface area contributed by atoms with Crippen LogP contribution in [0.2, 0.25) is 0 Å². The van der Waals surface area contributed by atoms with Crippen molar-refractivity contribution < 1.29 is 4.79 Å². The van der Waals surface area contributed by atoms with Crippen LogP contribution in [0.25, 0.3) is 0 Å². The first-order chi connectivity index (χ1) is 9.58. The Morgan fingerprint density at radius 2 is 2.20 bits per heavy atom. The summed E-state index contributed by atoms with van der Waals surface area (Å²) in [6.07, 6.45) is 6.16. The minimum atomic E-state index is -0.144. The van der Waals surface area contributed by atoms with E-state index in [2.05, 4.69) is 24.1 Å². The second-order valence-corrected chi connectivity index (χ2v) is 5.36. The van der Waals surface area contributed by atoms with Gasteiger partial charge in [0, 0.05) is 18.3 Å². The van der Waals surface area contributed by atoms with Crippen molar-refractivity contribution >= 4 is 23.1 Å². The summed E-state index contributed by atoms with van der Waals surface area (Å²) < 4.78 is 0. The van der Waals surface area contributed by atoms with Crippen molar-refractivity contribution in [1.82, 2.24) is 10.3 Å². The van der Waals surface area contributed by atoms with E-state index in [1.165, 1.54) is 19.0 Å². The molecule has 1 aromatic rings. The lowest BCUT2D eigenvalue weighted by atomic mass is 9.99. The van der Waals surface area contributed by atoms with Gasteiger partial charge in [-0.15, -0.1) is 0 Å². The number of nitrogens with two attached hydrogens (primary N) is 1. The quantitative estimate of drug-likeness (QED) is 0.723. The zero-order chi connectivity index (χ0) is 15.0. The fraction of sp³-hybridized carbons (Fsp3) is 0.533. The standard InChI is InChI=1S/C15H23N3OS/c1-3-5-6-11(4-2)9-18-15(19)13-8-7-12(10-17-13)14(16)20/h7-8,10-11H,3-6,9H2,1-2H3,(H2,16,20)(H,18,19). The van der Waals surface area contributed by atoms with E-state index < -0.39 is 0 Å². The molecule has 0 aliphatic carbocycles. The maximum absolute atomic E-state index is 12.0. The molecule has 0 aliphatic heterocycles. The van der Waals surface area contributed by atoms with Crippen LogP contribution in [0, 0.1) is 5.92 Å². The highest BCUT2D eigenvalue weighted by atomic mass is 32.1. The highest BCUT2D eigenvalue weighted by Gasteiger charge is 2.11. The molecule has 0 fully saturated rings. The number of hydrogen-bond donors (Lipinski definition) is 2. The summed E-state index contributed by atoms with van der Waals surface area (Å²) in [7, 11) is 0. The Hall–Kier alpha value is -1.49. The number of rotatable bonds is 8. The normalized spacial score (nSPS) is 11.9. The lowest BCUT2D eigenvalue weighted by Crippen LogP contribution is -2.29. The van der Waals surface area contributed by atoms with Gasteiger partial charge in [-0.25, -0.2) is 0 Å². The Balaban J connectivity index is 2.51. The number of carbonyl (C=O) groups excluding carboxylic acids is 1. The molecule has 1 aromatic heterocycles. The number of nitrogens with zero attached hydrogens (tertiary/aromatic N) is 1. The molecule has 0 saturated carbocycles. The maximum Gasteiger partial charge on any atom is 0.269 e. The van der Waals surface area contributed by atoms with Gasteiger partial charge in [0.05, 0.1) is 0 Å². The minimum Gasteiger partial charge on any atom is -0.389 e. The van der Waals surface area contributed by atoms with Crippen molar-refractivity contribution in [2.75, 3.05) is 6.54 Å². The Morgan fingerprint density at radius 3 is 2.70 bits per heavy atom. The van der Waals surface area contributed by atoms with E-state index in [1.54, 1.807) is 12.1 Å². The highest BCUT2D eigenvalue weighted by molar-refractivity contribution is 7.80. The lowest BCUT2D eigenvalue weighted by Gasteiger charge is -2.15. The molecular formula is C15H23N3OS. The minimum absolute atomic E-state index is 0.144. The average molecular weight is 293 g/mol. The predicted octanol–water partition coefficient (Wildman–Crippen LogP) is 2.66. The smallest absolute Gasteiger partial charge is 0.269 e. The van der Waals surface area contributed by atoms with Crippen molar-refractivity contribution in [3.8, 4) is 0 Å². The first-order valence-corrected chi connectivity index (χ1v) is 7.53. The van der Waals surface area contributed by atoms with E-state index in [1.807, 2.05) is 0 Å². The van der Waals surface area contributed by atoms with Gasteiger partial charge in [-0.3, -0.25) is 9.78 Å². The van der Waals surface area contributed by atoms with Crippen molar-refractivity contribution in [2.45, 2.75) is 39.5 Å². The molecule has 5 heteroatoms. The van der Waals surface area contributed by atoms with Crippen LogP contribution in [0.3, 0.4) is 0 Å². The molecule has 4 nitrogen and oxygen atoms in total. The Bertz CT molecular complexity index is 445. The molecule has 0 bridgehead atoms. The van der Waals surface area contributed by atoms with E-state index >= 15 is 0 Å². The highest BCUT2D eigenvalue weighted by Crippen LogP contribution is 2.11. The van der Waals surface area contributed by atoms with Crippen LogP contribution >= 0.6 is 12.2 Å². The summed E-state index contributed by atoms with van der Waals surface area (Å²) in [5.74, 6) is 0.393. The Morgan fingerprint density at radius 1 is 1.45 bits per heavy atom. The predicted molar refractivity (Wildman–Crippen MR) is 85.8 cm³/mol. The van der Waals surface area contributed by atoms with Gasteiger partial charge in [0.15, 0.2) is 0 Å². The van der Waals surface area contributed by atoms with Gasteiger partial charge in [-0.2, -0.15) is 0 Å². The number of nitrogens with one attached hydrogen (secondary N) is 1. The molecule has 20 heavy (non-hydrogen) atoms. The van der Waals surface area contributed by atoms with Gasteiger partial charge in [0.1, 0.15) is 10.7 Å². The van der Waals surface area contributed by atoms with Crippen LogP contribution in [-0.2, 0) is 0 Å². The number of thiocarbonyl (C=S) groups is 1. The number of hydrogen-bond acceptors (Lipinski definition) is 3. The summed E-state index contributed by atoms with van der Waals surface area (Å²) in [5.41, 5.74) is 6.56. The van der Waals surface area contributed by atoms with Gasteiger partial charge in [0.25, 0.3) is 5.91 Å². The monoisotopic (exact) mass is 293 g/mol. The SMILES string of the molecule is CCCCC(CC)CNC(=O)c1ccc(C(N)=S)cn1. The third kappa shape index (κ3) is 5.25. The van der Waals surface area contributed by atoms with Crippen LogP contribution < -0.4 is 11.1 Å². The summed E-state index contributed by atoms with van der Waals surface area (Å²) in [5, 5.41) is 2.94. The fourth-order valence-corrected chi connectivity index (χ4v) is 2.07. The number of pyridine rings is 1. The zero-order valence-electron chi connectivity index (χ0n) is 12.2. The van der Waals surface area contributed by atoms with Crippen LogP contribution in [-0.4, -0.2) is 22.4 Å². The summed E-state index contributed by atoms with van der Waals surface area (Å²) >= 11 is 4.85. The van der Waals surface area contributed by atoms with Crippen LogP contribution in [0.5, 0.6) is 0 Å². The number of unbranched alkanes of at least 4 members (excludes halogenated alkanes) is 1. The Labute approximate surface area is 126 Å². The lowest BCUT2D eigenvalue weighted by molar-refractivity contribution is 0.0941. The summed E-state index contributed by atoms with van der Waals surface area (Å²) in [6.45, 7) is 5.04. The van der Waals surface area contributed by atoms with Crippen molar-refractivity contribution in [3.63, 3.8) is 0 Å². The van der Waals surface area contributed by atoms with Crippen molar-refractivity contribution in [3.05, 3.63) is 29.6 Å². The molecule has 0 saturated heterocycles. The van der Waals surface area contributed by atoms with Gasteiger partial charge >= 0.3 is 0 Å². The third-order valence-electron chi connectivity index (χ3n) is 3.38. The molecular weight excluding hydrogens is 270 g/mol. The molecule has 0 aliphatic rings. The maximum atomic E-state index is 12.0. The number of aromatic nitrogens is 1. The van der Waals surface area contributed by atoms with Gasteiger partial charge in [0.2, 0.25) is 0 Å². The average Bonchev–Trinajstić information content (AvgIpc) is 2.47. The summed E-state index contributed by atoms with van der Waals surface area (Å²) in [4.78, 5) is 16.4. The number of carbonyl (C=O) groups is 1. The second kappa shape index (κ2) is 8.64. The topological polar surface area (TPSA) is 68.0 Å². The van der Waals surface area contributed by atoms with E-state index in [-0.39, 0.29) is 10.9 Å². The fourth-order valence-electron chi connectivity index (χ4n) is 1.94. The van der Waals surface area contributed by atoms with Gasteiger partial charge in [-0.1, -0.05) is 45.3 Å².